The fourth-order valence-electron chi connectivity index (χ4n) is 7.21. The van der Waals surface area contributed by atoms with Crippen molar-refractivity contribution in [2.24, 2.45) is 17.8 Å². The van der Waals surface area contributed by atoms with E-state index in [0.29, 0.717) is 12.8 Å². The Bertz CT molecular complexity index is 876. The van der Waals surface area contributed by atoms with E-state index in [1.807, 2.05) is 13.8 Å². The van der Waals surface area contributed by atoms with Gasteiger partial charge in [0.2, 0.25) is 0 Å². The van der Waals surface area contributed by atoms with Crippen LogP contribution >= 0.6 is 0 Å². The summed E-state index contributed by atoms with van der Waals surface area (Å²) >= 11 is 0. The van der Waals surface area contributed by atoms with Crippen LogP contribution in [0.2, 0.25) is 0 Å². The van der Waals surface area contributed by atoms with Gasteiger partial charge in [-0.25, -0.2) is 4.79 Å². The molecule has 4 heterocycles. The molecule has 3 spiro atoms. The molecule has 4 bridgehead atoms. The number of Topliss-reactive ketones (excluding diaryl/α,β-unsaturated/α-hetero) is 1. The highest BCUT2D eigenvalue weighted by Crippen LogP contribution is 2.82. The summed E-state index contributed by atoms with van der Waals surface area (Å²) in [4.78, 5) is 26.5. The lowest BCUT2D eigenvalue weighted by molar-refractivity contribution is -0.331. The molecule has 0 radical (unpaired) electrons. The van der Waals surface area contributed by atoms with E-state index in [1.165, 1.54) is 0 Å². The van der Waals surface area contributed by atoms with Gasteiger partial charge in [0.1, 0.15) is 34.4 Å². The number of allylic oxidation sites excluding steroid dienone is 1. The molecule has 7 nitrogen and oxygen atoms in total. The van der Waals surface area contributed by atoms with Crippen LogP contribution in [0.5, 0.6) is 0 Å². The van der Waals surface area contributed by atoms with Gasteiger partial charge in [-0.05, 0) is 26.7 Å². The van der Waals surface area contributed by atoms with E-state index in [0.717, 1.165) is 0 Å². The number of ether oxygens (including phenoxy) is 3. The molecular weight excluding hydrogens is 352 g/mol. The first-order chi connectivity index (χ1) is 12.5. The monoisotopic (exact) mass is 376 g/mol. The SMILES string of the molecule is C[C@@H]1C[C@H](C)C(O)=C2C(=O)O[C@]34C[C@@](C)(O)[C@]5(C)O[C@]23[C@@H](C[C@]42O[C@H]52)C1=O. The lowest BCUT2D eigenvalue weighted by atomic mass is 9.55. The van der Waals surface area contributed by atoms with Gasteiger partial charge >= 0.3 is 5.97 Å². The van der Waals surface area contributed by atoms with Crippen LogP contribution in [0.3, 0.4) is 0 Å². The minimum Gasteiger partial charge on any atom is -0.511 e. The smallest absolute Gasteiger partial charge is 0.341 e. The third-order valence-corrected chi connectivity index (χ3v) is 8.61. The van der Waals surface area contributed by atoms with Gasteiger partial charge in [0.25, 0.3) is 0 Å². The quantitative estimate of drug-likeness (QED) is 0.483. The molecule has 0 unspecified atom stereocenters. The zero-order chi connectivity index (χ0) is 19.4. The van der Waals surface area contributed by atoms with Crippen LogP contribution in [-0.2, 0) is 23.8 Å². The molecule has 0 aromatic heterocycles. The van der Waals surface area contributed by atoms with Crippen LogP contribution in [0.4, 0.5) is 0 Å². The van der Waals surface area contributed by atoms with Crippen molar-refractivity contribution in [3.63, 3.8) is 0 Å². The number of fused-ring (bicyclic) bond motifs is 1. The van der Waals surface area contributed by atoms with Crippen molar-refractivity contribution < 1.29 is 34.0 Å². The molecule has 0 aromatic rings. The average molecular weight is 376 g/mol. The Hall–Kier alpha value is -1.44. The van der Waals surface area contributed by atoms with E-state index in [2.05, 4.69) is 0 Å². The molecule has 9 atom stereocenters. The summed E-state index contributed by atoms with van der Waals surface area (Å²) in [5.41, 5.74) is -5.79. The molecule has 7 heteroatoms. The van der Waals surface area contributed by atoms with E-state index in [9.17, 15) is 19.8 Å². The summed E-state index contributed by atoms with van der Waals surface area (Å²) in [6.07, 6.45) is 0.544. The number of esters is 1. The number of epoxide rings is 1. The molecule has 3 aliphatic carbocycles. The highest BCUT2D eigenvalue weighted by atomic mass is 16.7. The number of carbonyl (C=O) groups is 2. The Balaban J connectivity index is 1.72. The van der Waals surface area contributed by atoms with Crippen LogP contribution in [0.1, 0.15) is 47.0 Å². The summed E-state index contributed by atoms with van der Waals surface area (Å²) in [6.45, 7) is 7.12. The van der Waals surface area contributed by atoms with E-state index in [-0.39, 0.29) is 35.4 Å². The van der Waals surface area contributed by atoms with E-state index < -0.39 is 46.0 Å². The summed E-state index contributed by atoms with van der Waals surface area (Å²) in [5, 5.41) is 22.2. The van der Waals surface area contributed by atoms with Crippen LogP contribution < -0.4 is 0 Å². The topological polar surface area (TPSA) is 106 Å². The van der Waals surface area contributed by atoms with Crippen molar-refractivity contribution in [2.45, 2.75) is 81.1 Å². The largest absolute Gasteiger partial charge is 0.511 e. The Morgan fingerprint density at radius 1 is 1.15 bits per heavy atom. The number of aliphatic hydroxyl groups is 2. The molecular formula is C20H24O7. The molecule has 0 aromatic carbocycles. The standard InChI is InChI=1S/C20H24O7/c1-8-5-9(2)13(22)11-14(23)25-19-7-16(3,24)17(4)15-18(19,26-15)6-10(12(8)21)20(11,19)27-17/h8-10,15,22,24H,5-7H2,1-4H3/t8-,9+,10+,15-,16-,17-,18-,19+,20-/m1/s1. The third-order valence-electron chi connectivity index (χ3n) is 8.61. The number of rotatable bonds is 0. The zero-order valence-electron chi connectivity index (χ0n) is 15.9. The minimum absolute atomic E-state index is 0.0199. The molecule has 2 N–H and O–H groups in total. The van der Waals surface area contributed by atoms with Crippen molar-refractivity contribution in [1.29, 1.82) is 0 Å². The van der Waals surface area contributed by atoms with Crippen LogP contribution in [-0.4, -0.2) is 56.1 Å². The highest BCUT2D eigenvalue weighted by molar-refractivity contribution is 6.00. The van der Waals surface area contributed by atoms with Gasteiger partial charge in [-0.2, -0.15) is 0 Å². The van der Waals surface area contributed by atoms with Crippen LogP contribution in [0, 0.1) is 17.8 Å². The highest BCUT2D eigenvalue weighted by Gasteiger charge is 3.00. The summed E-state index contributed by atoms with van der Waals surface area (Å²) in [6, 6.07) is 0. The maximum absolute atomic E-state index is 13.4. The number of hydrogen-bond donors (Lipinski definition) is 2. The van der Waals surface area contributed by atoms with Gasteiger partial charge in [-0.3, -0.25) is 4.79 Å². The van der Waals surface area contributed by atoms with E-state index in [1.54, 1.807) is 13.8 Å². The minimum atomic E-state index is -1.39. The van der Waals surface area contributed by atoms with Gasteiger partial charge < -0.3 is 24.4 Å². The molecule has 7 rings (SSSR count). The Kier molecular flexibility index (Phi) is 2.43. The maximum atomic E-state index is 13.4. The van der Waals surface area contributed by atoms with Crippen molar-refractivity contribution in [2.75, 3.05) is 0 Å². The van der Waals surface area contributed by atoms with Crippen LogP contribution in [0.15, 0.2) is 11.3 Å². The van der Waals surface area contributed by atoms with Crippen molar-refractivity contribution in [3.8, 4) is 0 Å². The number of carbonyl (C=O) groups excluding carboxylic acids is 2. The summed E-state index contributed by atoms with van der Waals surface area (Å²) in [7, 11) is 0. The second-order valence-electron chi connectivity index (χ2n) is 9.96. The molecule has 0 amide bonds. The third kappa shape index (κ3) is 1.29. The molecule has 27 heavy (non-hydrogen) atoms. The predicted molar refractivity (Wildman–Crippen MR) is 89.6 cm³/mol. The number of ketones is 1. The van der Waals surface area contributed by atoms with Gasteiger partial charge in [-0.1, -0.05) is 13.8 Å². The maximum Gasteiger partial charge on any atom is 0.341 e. The molecule has 4 aliphatic heterocycles. The molecule has 146 valence electrons. The Morgan fingerprint density at radius 2 is 1.85 bits per heavy atom. The molecule has 2 saturated carbocycles. The van der Waals surface area contributed by atoms with Crippen molar-refractivity contribution >= 4 is 11.8 Å². The summed E-state index contributed by atoms with van der Waals surface area (Å²) in [5.74, 6) is -1.95. The van der Waals surface area contributed by atoms with Crippen molar-refractivity contribution in [1.82, 2.24) is 0 Å². The fourth-order valence-corrected chi connectivity index (χ4v) is 7.21. The Labute approximate surface area is 156 Å². The van der Waals surface area contributed by atoms with Gasteiger partial charge in [-0.15, -0.1) is 0 Å². The average Bonchev–Trinajstić information content (AvgIpc) is 3.22. The first-order valence-electron chi connectivity index (χ1n) is 9.78. The second-order valence-corrected chi connectivity index (χ2v) is 9.96. The molecule has 7 aliphatic rings. The first-order valence-corrected chi connectivity index (χ1v) is 9.78. The van der Waals surface area contributed by atoms with Gasteiger partial charge in [0, 0.05) is 18.3 Å². The van der Waals surface area contributed by atoms with E-state index >= 15 is 0 Å². The Morgan fingerprint density at radius 3 is 2.56 bits per heavy atom. The van der Waals surface area contributed by atoms with Crippen LogP contribution in [0.25, 0.3) is 0 Å². The van der Waals surface area contributed by atoms with E-state index in [4.69, 9.17) is 14.2 Å². The molecule has 6 fully saturated rings. The lowest BCUT2D eigenvalue weighted by Gasteiger charge is -2.61. The molecule has 4 saturated heterocycles. The van der Waals surface area contributed by atoms with Gasteiger partial charge in [0.15, 0.2) is 11.2 Å². The van der Waals surface area contributed by atoms with Gasteiger partial charge in [0.05, 0.1) is 11.5 Å². The van der Waals surface area contributed by atoms with Crippen molar-refractivity contribution in [3.05, 3.63) is 11.3 Å². The second kappa shape index (κ2) is 3.98. The summed E-state index contributed by atoms with van der Waals surface area (Å²) < 4.78 is 18.7. The number of aliphatic hydroxyl groups excluding tert-OH is 1. The predicted octanol–water partition coefficient (Wildman–Crippen LogP) is 1.18. The first kappa shape index (κ1) is 16.5. The lowest BCUT2D eigenvalue weighted by Crippen LogP contribution is -2.80. The normalized spacial score (nSPS) is 62.7. The fraction of sp³-hybridized carbons (Fsp3) is 0.800. The number of hydrogen-bond acceptors (Lipinski definition) is 7. The zero-order valence-corrected chi connectivity index (χ0v) is 15.9.